The van der Waals surface area contributed by atoms with E-state index in [1.807, 2.05) is 13.8 Å². The fourth-order valence-electron chi connectivity index (χ4n) is 7.47. The average molecular weight is 994 g/mol. The van der Waals surface area contributed by atoms with Crippen molar-refractivity contribution in [2.24, 2.45) is 11.8 Å². The lowest BCUT2D eigenvalue weighted by atomic mass is 9.87. The second-order valence-corrected chi connectivity index (χ2v) is 17.2. The molecule has 0 unspecified atom stereocenters. The Kier molecular flexibility index (Phi) is 28.7. The van der Waals surface area contributed by atoms with E-state index in [-0.39, 0.29) is 54.0 Å². The first-order valence-electron chi connectivity index (χ1n) is 24.8. The summed E-state index contributed by atoms with van der Waals surface area (Å²) in [5.41, 5.74) is 0.723. The molecule has 4 rings (SSSR count). The second-order valence-electron chi connectivity index (χ2n) is 16.8. The fourth-order valence-corrected chi connectivity index (χ4v) is 7.62. The van der Waals surface area contributed by atoms with Gasteiger partial charge in [0, 0.05) is 17.5 Å². The maximum absolute atomic E-state index is 13.1. The van der Waals surface area contributed by atoms with Crippen LogP contribution in [0.15, 0.2) is 97.3 Å². The van der Waals surface area contributed by atoms with Gasteiger partial charge in [0.1, 0.15) is 35.2 Å². The zero-order valence-corrected chi connectivity index (χ0v) is 42.1. The first-order valence-corrected chi connectivity index (χ1v) is 25.3. The van der Waals surface area contributed by atoms with Crippen LogP contribution in [0.25, 0.3) is 0 Å². The van der Waals surface area contributed by atoms with Crippen molar-refractivity contribution >= 4 is 47.4 Å². The highest BCUT2D eigenvalue weighted by molar-refractivity contribution is 6.18. The molecule has 0 aromatic heterocycles. The highest BCUT2D eigenvalue weighted by Gasteiger charge is 2.31. The summed E-state index contributed by atoms with van der Waals surface area (Å²) < 4.78 is 44.4. The Balaban J connectivity index is 0.00000639. The summed E-state index contributed by atoms with van der Waals surface area (Å²) in [5, 5.41) is 0. The molecule has 0 radical (unpaired) electrons. The van der Waals surface area contributed by atoms with Crippen molar-refractivity contribution in [3.8, 4) is 17.2 Å². The minimum atomic E-state index is -0.506. The number of benzene rings is 2. The van der Waals surface area contributed by atoms with Gasteiger partial charge < -0.3 is 37.9 Å². The average Bonchev–Trinajstić information content (AvgIpc) is 3.38. The number of ether oxygens (including phenoxy) is 8. The summed E-state index contributed by atoms with van der Waals surface area (Å²) in [6.45, 7) is 14.6. The molecule has 70 heavy (non-hydrogen) atoms. The molecule has 384 valence electrons. The molecule has 2 aromatic rings. The van der Waals surface area contributed by atoms with Gasteiger partial charge in [-0.2, -0.15) is 0 Å². The molecule has 2 fully saturated rings. The SMILES string of the molecule is C=CC(=O)OCCCCCCOc1ccc(OC(=O)C2CCC(OC(=O)/C(C)=C/C=C(\C=C)OC(=O)C3CCC(OC(=O)c4ccc(OCCCCCCOC(=O)CCCl)cc4)CC3)CC2)cc1.CC. The van der Waals surface area contributed by atoms with Crippen LogP contribution >= 0.6 is 11.6 Å². The summed E-state index contributed by atoms with van der Waals surface area (Å²) >= 11 is 5.53. The van der Waals surface area contributed by atoms with Crippen molar-refractivity contribution in [3.63, 3.8) is 0 Å². The molecule has 0 aliphatic heterocycles. The largest absolute Gasteiger partial charge is 0.494 e. The minimum Gasteiger partial charge on any atom is -0.494 e. The third-order valence-corrected chi connectivity index (χ3v) is 11.7. The first kappa shape index (κ1) is 58.4. The molecule has 15 heteroatoms. The zero-order valence-electron chi connectivity index (χ0n) is 41.3. The van der Waals surface area contributed by atoms with Crippen molar-refractivity contribution in [1.82, 2.24) is 0 Å². The molecule has 14 nitrogen and oxygen atoms in total. The van der Waals surface area contributed by atoms with Gasteiger partial charge in [0.25, 0.3) is 0 Å². The highest BCUT2D eigenvalue weighted by Crippen LogP contribution is 2.31. The van der Waals surface area contributed by atoms with Crippen LogP contribution in [0.5, 0.6) is 17.2 Å². The summed E-state index contributed by atoms with van der Waals surface area (Å²) in [6.07, 6.45) is 16.2. The van der Waals surface area contributed by atoms with Crippen molar-refractivity contribution in [3.05, 3.63) is 103 Å². The maximum Gasteiger partial charge on any atom is 0.338 e. The Morgan fingerprint density at radius 3 is 1.60 bits per heavy atom. The van der Waals surface area contributed by atoms with Crippen LogP contribution in [0.1, 0.15) is 140 Å². The van der Waals surface area contributed by atoms with Crippen molar-refractivity contribution < 1.29 is 66.7 Å². The number of carbonyl (C=O) groups excluding carboxylic acids is 6. The van der Waals surface area contributed by atoms with E-state index in [1.165, 1.54) is 18.2 Å². The molecular formula is C55H73ClO14. The van der Waals surface area contributed by atoms with Crippen LogP contribution in [0, 0.1) is 11.8 Å². The van der Waals surface area contributed by atoms with Gasteiger partial charge in [-0.3, -0.25) is 14.4 Å². The van der Waals surface area contributed by atoms with Gasteiger partial charge in [-0.25, -0.2) is 14.4 Å². The van der Waals surface area contributed by atoms with E-state index in [4.69, 9.17) is 49.5 Å². The van der Waals surface area contributed by atoms with E-state index in [1.54, 1.807) is 55.5 Å². The summed E-state index contributed by atoms with van der Waals surface area (Å²) in [5.74, 6) is -0.852. The van der Waals surface area contributed by atoms with Crippen LogP contribution in [0.4, 0.5) is 0 Å². The van der Waals surface area contributed by atoms with Crippen LogP contribution in [0.2, 0.25) is 0 Å². The lowest BCUT2D eigenvalue weighted by Crippen LogP contribution is -2.30. The number of unbranched alkanes of at least 4 members (excludes halogenated alkanes) is 6. The highest BCUT2D eigenvalue weighted by atomic mass is 35.5. The van der Waals surface area contributed by atoms with Crippen molar-refractivity contribution in [1.29, 1.82) is 0 Å². The van der Waals surface area contributed by atoms with E-state index in [0.29, 0.717) is 106 Å². The van der Waals surface area contributed by atoms with Crippen LogP contribution < -0.4 is 14.2 Å². The predicted octanol–water partition coefficient (Wildman–Crippen LogP) is 11.5. The van der Waals surface area contributed by atoms with Crippen LogP contribution in [0.3, 0.4) is 0 Å². The van der Waals surface area contributed by atoms with E-state index >= 15 is 0 Å². The molecule has 0 saturated heterocycles. The number of hydrogen-bond acceptors (Lipinski definition) is 14. The lowest BCUT2D eigenvalue weighted by Gasteiger charge is -2.27. The molecule has 0 atom stereocenters. The summed E-state index contributed by atoms with van der Waals surface area (Å²) in [7, 11) is 0. The second kappa shape index (κ2) is 34.4. The summed E-state index contributed by atoms with van der Waals surface area (Å²) in [4.78, 5) is 74.2. The number of allylic oxidation sites excluding steroid dienone is 3. The number of rotatable bonds is 29. The normalized spacial score (nSPS) is 17.8. The van der Waals surface area contributed by atoms with Crippen LogP contribution in [-0.2, 0) is 47.7 Å². The minimum absolute atomic E-state index is 0.191. The van der Waals surface area contributed by atoms with Gasteiger partial charge in [-0.15, -0.1) is 11.6 Å². The molecule has 2 aliphatic carbocycles. The Morgan fingerprint density at radius 1 is 0.586 bits per heavy atom. The predicted molar refractivity (Wildman–Crippen MR) is 266 cm³/mol. The zero-order chi connectivity index (χ0) is 50.9. The number of esters is 6. The summed E-state index contributed by atoms with van der Waals surface area (Å²) in [6, 6.07) is 13.7. The number of carbonyl (C=O) groups is 6. The topological polar surface area (TPSA) is 176 Å². The van der Waals surface area contributed by atoms with Crippen LogP contribution in [-0.4, -0.2) is 80.3 Å². The molecular weight excluding hydrogens is 920 g/mol. The van der Waals surface area contributed by atoms with Gasteiger partial charge in [-0.05, 0) is 176 Å². The molecule has 2 saturated carbocycles. The smallest absolute Gasteiger partial charge is 0.338 e. The Hall–Kier alpha value is -5.89. The number of alkyl halides is 1. The number of halogens is 1. The first-order chi connectivity index (χ1) is 34.0. The third-order valence-electron chi connectivity index (χ3n) is 11.5. The van der Waals surface area contributed by atoms with Gasteiger partial charge >= 0.3 is 35.8 Å². The molecule has 0 N–H and O–H groups in total. The van der Waals surface area contributed by atoms with Crippen molar-refractivity contribution in [2.75, 3.05) is 32.3 Å². The Bertz CT molecular complexity index is 1990. The quantitative estimate of drug-likeness (QED) is 0.0110. The molecule has 2 aliphatic rings. The number of hydrogen-bond donors (Lipinski definition) is 0. The Morgan fingerprint density at radius 2 is 1.07 bits per heavy atom. The van der Waals surface area contributed by atoms with E-state index in [9.17, 15) is 28.8 Å². The van der Waals surface area contributed by atoms with Gasteiger partial charge in [0.05, 0.1) is 50.2 Å². The van der Waals surface area contributed by atoms with E-state index in [0.717, 1.165) is 57.4 Å². The van der Waals surface area contributed by atoms with Gasteiger partial charge in [-0.1, -0.05) is 27.0 Å². The van der Waals surface area contributed by atoms with Gasteiger partial charge in [0.15, 0.2) is 0 Å². The molecule has 0 heterocycles. The van der Waals surface area contributed by atoms with Gasteiger partial charge in [0.2, 0.25) is 0 Å². The lowest BCUT2D eigenvalue weighted by molar-refractivity contribution is -0.148. The maximum atomic E-state index is 13.1. The van der Waals surface area contributed by atoms with Crippen molar-refractivity contribution in [2.45, 2.75) is 142 Å². The monoisotopic (exact) mass is 992 g/mol. The van der Waals surface area contributed by atoms with E-state index < -0.39 is 23.9 Å². The van der Waals surface area contributed by atoms with E-state index in [2.05, 4.69) is 13.2 Å². The molecule has 0 bridgehead atoms. The Labute approximate surface area is 419 Å². The molecule has 2 aromatic carbocycles. The third kappa shape index (κ3) is 23.1. The molecule has 0 amide bonds. The standard InChI is InChI=1S/C53H67ClO14.C2H6/c1-4-42(65-51(58)40-19-26-46(27-20-40)67-52(59)39-15-22-43(23-16-39)61-34-10-7-9-13-37-64-49(56)32-33-54)21-14-38(3)50(57)66-45-24-17-41(18-25-45)53(60)68-47-30-28-44(29-31-47)62-35-11-6-8-12-36-63-48(55)5-2;1-2/h4-5,14-16,21-23,28-31,40-41,45-46H,1-2,6-13,17-20,24-27,32-37H2,3H3;1-2H3/b38-14+,42-21+;. The fraction of sp³-hybridized carbons (Fsp3) is 0.527. The molecule has 0 spiro atoms.